The first-order valence-corrected chi connectivity index (χ1v) is 5.93. The zero-order chi connectivity index (χ0) is 12.5. The number of aryl methyl sites for hydroxylation is 1. The van der Waals surface area contributed by atoms with Gasteiger partial charge >= 0.3 is 6.18 Å². The molecule has 0 aromatic heterocycles. The van der Waals surface area contributed by atoms with E-state index >= 15 is 0 Å². The molecule has 0 bridgehead atoms. The van der Waals surface area contributed by atoms with Crippen molar-refractivity contribution in [2.45, 2.75) is 31.9 Å². The number of rotatable bonds is 2. The van der Waals surface area contributed by atoms with Crippen LogP contribution in [0.2, 0.25) is 0 Å². The van der Waals surface area contributed by atoms with Crippen molar-refractivity contribution in [2.24, 2.45) is 0 Å². The molecule has 1 aromatic rings. The number of hydrogen-bond donors (Lipinski definition) is 1. The number of benzene rings is 1. The van der Waals surface area contributed by atoms with Gasteiger partial charge in [-0.05, 0) is 42.5 Å². The first-order valence-electron chi connectivity index (χ1n) is 5.93. The largest absolute Gasteiger partial charge is 0.416 e. The lowest BCUT2D eigenvalue weighted by Crippen LogP contribution is -2.11. The fourth-order valence-electron chi connectivity index (χ4n) is 2.38. The van der Waals surface area contributed by atoms with Gasteiger partial charge in [-0.1, -0.05) is 19.1 Å². The summed E-state index contributed by atoms with van der Waals surface area (Å²) in [5, 5.41) is 3.23. The maximum absolute atomic E-state index is 12.7. The summed E-state index contributed by atoms with van der Waals surface area (Å²) in [5.41, 5.74) is 0.941. The van der Waals surface area contributed by atoms with Gasteiger partial charge in [0.25, 0.3) is 0 Å². The smallest absolute Gasteiger partial charge is 0.316 e. The van der Waals surface area contributed by atoms with Crippen molar-refractivity contribution >= 4 is 0 Å². The number of halogens is 3. The van der Waals surface area contributed by atoms with E-state index in [0.29, 0.717) is 17.9 Å². The molecule has 1 atom stereocenters. The molecular weight excluding hydrogens is 227 g/mol. The van der Waals surface area contributed by atoms with Crippen LogP contribution in [0.5, 0.6) is 0 Å². The first kappa shape index (κ1) is 12.4. The van der Waals surface area contributed by atoms with Gasteiger partial charge in [0.1, 0.15) is 0 Å². The fraction of sp³-hybridized carbons (Fsp3) is 0.538. The summed E-state index contributed by atoms with van der Waals surface area (Å²) in [5.74, 6) is 0.364. The second-order valence-corrected chi connectivity index (χ2v) is 4.46. The lowest BCUT2D eigenvalue weighted by molar-refractivity contribution is -0.138. The van der Waals surface area contributed by atoms with Crippen LogP contribution >= 0.6 is 0 Å². The van der Waals surface area contributed by atoms with Gasteiger partial charge < -0.3 is 5.32 Å². The van der Waals surface area contributed by atoms with Gasteiger partial charge in [0.15, 0.2) is 0 Å². The molecule has 1 heterocycles. The normalized spacial score (nSPS) is 20.8. The van der Waals surface area contributed by atoms with Crippen molar-refractivity contribution in [3.05, 3.63) is 34.9 Å². The van der Waals surface area contributed by atoms with Crippen LogP contribution < -0.4 is 5.32 Å². The van der Waals surface area contributed by atoms with Crippen LogP contribution in [0.3, 0.4) is 0 Å². The van der Waals surface area contributed by atoms with Gasteiger partial charge in [0.2, 0.25) is 0 Å². The summed E-state index contributed by atoms with van der Waals surface area (Å²) in [4.78, 5) is 0. The molecule has 4 heteroatoms. The summed E-state index contributed by atoms with van der Waals surface area (Å²) in [6, 6.07) is 4.58. The summed E-state index contributed by atoms with van der Waals surface area (Å²) >= 11 is 0. The van der Waals surface area contributed by atoms with Crippen molar-refractivity contribution in [2.75, 3.05) is 13.1 Å². The summed E-state index contributed by atoms with van der Waals surface area (Å²) in [6.07, 6.45) is -2.81. The van der Waals surface area contributed by atoms with Crippen LogP contribution in [0, 0.1) is 0 Å². The highest BCUT2D eigenvalue weighted by atomic mass is 19.4. The predicted octanol–water partition coefficient (Wildman–Crippen LogP) is 3.34. The van der Waals surface area contributed by atoms with E-state index in [-0.39, 0.29) is 0 Å². The second kappa shape index (κ2) is 4.69. The van der Waals surface area contributed by atoms with E-state index in [0.717, 1.165) is 25.1 Å². The fourth-order valence-corrected chi connectivity index (χ4v) is 2.38. The lowest BCUT2D eigenvalue weighted by atomic mass is 9.93. The Morgan fingerprint density at radius 2 is 2.12 bits per heavy atom. The zero-order valence-corrected chi connectivity index (χ0v) is 9.77. The molecule has 1 N–H and O–H groups in total. The highest BCUT2D eigenvalue weighted by molar-refractivity contribution is 5.36. The predicted molar refractivity (Wildman–Crippen MR) is 61.0 cm³/mol. The van der Waals surface area contributed by atoms with Gasteiger partial charge in [-0.2, -0.15) is 13.2 Å². The average Bonchev–Trinajstić information content (AvgIpc) is 2.80. The molecule has 0 aliphatic carbocycles. The van der Waals surface area contributed by atoms with Crippen molar-refractivity contribution in [1.29, 1.82) is 0 Å². The van der Waals surface area contributed by atoms with Crippen LogP contribution in [-0.2, 0) is 12.6 Å². The van der Waals surface area contributed by atoms with Gasteiger partial charge in [-0.15, -0.1) is 0 Å². The van der Waals surface area contributed by atoms with Gasteiger partial charge in [0.05, 0.1) is 5.56 Å². The van der Waals surface area contributed by atoms with E-state index in [1.54, 1.807) is 19.1 Å². The van der Waals surface area contributed by atoms with Crippen molar-refractivity contribution in [3.8, 4) is 0 Å². The van der Waals surface area contributed by atoms with Crippen LogP contribution in [0.25, 0.3) is 0 Å². The molecule has 1 aliphatic heterocycles. The monoisotopic (exact) mass is 243 g/mol. The molecular formula is C13H16F3N. The van der Waals surface area contributed by atoms with E-state index in [1.807, 2.05) is 0 Å². The summed E-state index contributed by atoms with van der Waals surface area (Å²) < 4.78 is 38.2. The minimum Gasteiger partial charge on any atom is -0.316 e. The minimum atomic E-state index is -4.24. The Kier molecular flexibility index (Phi) is 3.43. The lowest BCUT2D eigenvalue weighted by Gasteiger charge is -2.15. The van der Waals surface area contributed by atoms with E-state index < -0.39 is 11.7 Å². The number of hydrogen-bond acceptors (Lipinski definition) is 1. The SMILES string of the molecule is CCc1cc(C2CCNC2)ccc1C(F)(F)F. The third-order valence-electron chi connectivity index (χ3n) is 3.35. The van der Waals surface area contributed by atoms with Crippen molar-refractivity contribution in [1.82, 2.24) is 5.32 Å². The Balaban J connectivity index is 2.33. The average molecular weight is 243 g/mol. The molecule has 2 rings (SSSR count). The molecule has 0 spiro atoms. The van der Waals surface area contributed by atoms with E-state index in [9.17, 15) is 13.2 Å². The van der Waals surface area contributed by atoms with E-state index in [2.05, 4.69) is 5.32 Å². The third-order valence-corrected chi connectivity index (χ3v) is 3.35. The molecule has 0 radical (unpaired) electrons. The van der Waals surface area contributed by atoms with Crippen molar-refractivity contribution in [3.63, 3.8) is 0 Å². The standard InChI is InChI=1S/C13H16F3N/c1-2-9-7-10(11-5-6-17-8-11)3-4-12(9)13(14,15)16/h3-4,7,11,17H,2,5-6,8H2,1H3. The highest BCUT2D eigenvalue weighted by Gasteiger charge is 2.33. The third kappa shape index (κ3) is 2.63. The first-order chi connectivity index (χ1) is 8.02. The minimum absolute atomic E-state index is 0.364. The summed E-state index contributed by atoms with van der Waals surface area (Å²) in [7, 11) is 0. The molecule has 1 unspecified atom stereocenters. The Bertz CT molecular complexity index is 392. The van der Waals surface area contributed by atoms with Gasteiger partial charge in [-0.25, -0.2) is 0 Å². The van der Waals surface area contributed by atoms with Crippen LogP contribution in [0.15, 0.2) is 18.2 Å². The molecule has 17 heavy (non-hydrogen) atoms. The molecule has 94 valence electrons. The Morgan fingerprint density at radius 1 is 1.35 bits per heavy atom. The van der Waals surface area contributed by atoms with Gasteiger partial charge in [0, 0.05) is 6.54 Å². The molecule has 1 fully saturated rings. The molecule has 1 saturated heterocycles. The van der Waals surface area contributed by atoms with Crippen LogP contribution in [-0.4, -0.2) is 13.1 Å². The second-order valence-electron chi connectivity index (χ2n) is 4.46. The van der Waals surface area contributed by atoms with E-state index in [4.69, 9.17) is 0 Å². The number of alkyl halides is 3. The maximum Gasteiger partial charge on any atom is 0.416 e. The molecule has 1 aromatic carbocycles. The molecule has 0 saturated carbocycles. The summed E-state index contributed by atoms with van der Waals surface area (Å²) in [6.45, 7) is 3.59. The van der Waals surface area contributed by atoms with Gasteiger partial charge in [-0.3, -0.25) is 0 Å². The van der Waals surface area contributed by atoms with Crippen molar-refractivity contribution < 1.29 is 13.2 Å². The Hall–Kier alpha value is -1.03. The van der Waals surface area contributed by atoms with E-state index in [1.165, 1.54) is 6.07 Å². The molecule has 1 nitrogen and oxygen atoms in total. The molecule has 0 amide bonds. The quantitative estimate of drug-likeness (QED) is 0.840. The maximum atomic E-state index is 12.7. The Labute approximate surface area is 99.0 Å². The highest BCUT2D eigenvalue weighted by Crippen LogP contribution is 2.34. The Morgan fingerprint density at radius 3 is 2.65 bits per heavy atom. The number of nitrogens with one attached hydrogen (secondary N) is 1. The zero-order valence-electron chi connectivity index (χ0n) is 9.77. The van der Waals surface area contributed by atoms with Crippen LogP contribution in [0.4, 0.5) is 13.2 Å². The molecule has 1 aliphatic rings. The topological polar surface area (TPSA) is 12.0 Å². The van der Waals surface area contributed by atoms with Crippen LogP contribution in [0.1, 0.15) is 36.0 Å².